The molecule has 8 nitrogen and oxygen atoms in total. The molecular formula is C34H32N4O4. The van der Waals surface area contributed by atoms with Crippen molar-refractivity contribution in [3.8, 4) is 0 Å². The zero-order valence-electron chi connectivity index (χ0n) is 23.5. The third-order valence-corrected chi connectivity index (χ3v) is 7.06. The molecular weight excluding hydrogens is 528 g/mol. The number of carboxylic acids is 1. The molecule has 4 N–H and O–H groups in total. The standard InChI is InChI=1S/C25H25N3O.C9H7NO3/c1-18(24-22-10-6-7-11-23(22)27-25(24)29)26-21-14-12-20(13-15-21)17-28(2)16-19-8-4-3-5-9-19;11-8-4-6-3-5(9(12)13)1-2-7(6)10-8/h3-15,26H,16-17H2,1-2H3,(H,27,29);1-3H,4H2,(H,10,11)(H,12,13)/b24-18-;. The fourth-order valence-electron chi connectivity index (χ4n) is 5.09. The first-order chi connectivity index (χ1) is 20.3. The molecule has 0 aliphatic carbocycles. The smallest absolute Gasteiger partial charge is 0.335 e. The van der Waals surface area contributed by atoms with E-state index in [2.05, 4.69) is 76.4 Å². The number of rotatable bonds is 7. The van der Waals surface area contributed by atoms with Crippen molar-refractivity contribution in [2.24, 2.45) is 0 Å². The zero-order valence-corrected chi connectivity index (χ0v) is 23.5. The van der Waals surface area contributed by atoms with E-state index in [0.717, 1.165) is 47.0 Å². The summed E-state index contributed by atoms with van der Waals surface area (Å²) in [6.07, 6.45) is 0.274. The number of carbonyl (C=O) groups excluding carboxylic acids is 2. The summed E-state index contributed by atoms with van der Waals surface area (Å²) >= 11 is 0. The number of hydrogen-bond acceptors (Lipinski definition) is 5. The number of carboxylic acid groups (broad SMARTS) is 1. The number of anilines is 3. The summed E-state index contributed by atoms with van der Waals surface area (Å²) < 4.78 is 0. The Labute approximate surface area is 244 Å². The van der Waals surface area contributed by atoms with Gasteiger partial charge in [-0.2, -0.15) is 0 Å². The van der Waals surface area contributed by atoms with E-state index >= 15 is 0 Å². The van der Waals surface area contributed by atoms with Gasteiger partial charge in [0.2, 0.25) is 5.91 Å². The third kappa shape index (κ3) is 6.74. The average molecular weight is 561 g/mol. The number of allylic oxidation sites excluding steroid dienone is 1. The van der Waals surface area contributed by atoms with Crippen LogP contribution >= 0.6 is 0 Å². The minimum Gasteiger partial charge on any atom is -0.478 e. The number of hydrogen-bond donors (Lipinski definition) is 4. The molecule has 0 atom stereocenters. The van der Waals surface area contributed by atoms with Crippen molar-refractivity contribution in [1.29, 1.82) is 0 Å². The maximum atomic E-state index is 12.4. The van der Waals surface area contributed by atoms with E-state index in [1.165, 1.54) is 23.3 Å². The number of fused-ring (bicyclic) bond motifs is 2. The summed E-state index contributed by atoms with van der Waals surface area (Å²) in [6.45, 7) is 3.74. The molecule has 2 heterocycles. The molecule has 0 radical (unpaired) electrons. The van der Waals surface area contributed by atoms with E-state index in [0.29, 0.717) is 5.57 Å². The second-order valence-corrected chi connectivity index (χ2v) is 10.4. The summed E-state index contributed by atoms with van der Waals surface area (Å²) in [5.41, 5.74) is 8.59. The van der Waals surface area contributed by atoms with E-state index in [4.69, 9.17) is 5.11 Å². The number of nitrogens with one attached hydrogen (secondary N) is 3. The zero-order chi connectivity index (χ0) is 29.6. The van der Waals surface area contributed by atoms with E-state index < -0.39 is 5.97 Å². The molecule has 42 heavy (non-hydrogen) atoms. The molecule has 4 aromatic carbocycles. The molecule has 0 aromatic heterocycles. The van der Waals surface area contributed by atoms with Crippen molar-refractivity contribution >= 4 is 40.4 Å². The van der Waals surface area contributed by atoms with Crippen molar-refractivity contribution in [3.63, 3.8) is 0 Å². The first kappa shape index (κ1) is 28.3. The molecule has 0 bridgehead atoms. The molecule has 8 heteroatoms. The molecule has 212 valence electrons. The van der Waals surface area contributed by atoms with Crippen molar-refractivity contribution in [2.45, 2.75) is 26.4 Å². The normalized spacial score (nSPS) is 14.3. The summed E-state index contributed by atoms with van der Waals surface area (Å²) in [6, 6.07) is 31.3. The maximum absolute atomic E-state index is 12.4. The Balaban J connectivity index is 0.000000226. The van der Waals surface area contributed by atoms with Crippen molar-refractivity contribution in [2.75, 3.05) is 23.0 Å². The second-order valence-electron chi connectivity index (χ2n) is 10.4. The highest BCUT2D eigenvalue weighted by Crippen LogP contribution is 2.33. The first-order valence-corrected chi connectivity index (χ1v) is 13.6. The SMILES string of the molecule is C/C(Nc1ccc(CN(C)Cc2ccccc2)cc1)=C1/C(=O)Nc2ccccc21.O=C1Cc2cc(C(=O)O)ccc2N1. The van der Waals surface area contributed by atoms with Crippen LogP contribution in [0.3, 0.4) is 0 Å². The minimum absolute atomic E-state index is 0.0599. The van der Waals surface area contributed by atoms with Crippen molar-refractivity contribution in [3.05, 3.63) is 131 Å². The van der Waals surface area contributed by atoms with Crippen LogP contribution in [-0.4, -0.2) is 34.8 Å². The van der Waals surface area contributed by atoms with Crippen LogP contribution in [0.25, 0.3) is 5.57 Å². The Hall–Kier alpha value is -5.21. The highest BCUT2D eigenvalue weighted by atomic mass is 16.4. The number of nitrogens with zero attached hydrogens (tertiary/aromatic N) is 1. The van der Waals surface area contributed by atoms with Gasteiger partial charge in [-0.3, -0.25) is 14.5 Å². The monoisotopic (exact) mass is 560 g/mol. The quantitative estimate of drug-likeness (QED) is 0.207. The fraction of sp³-hybridized carbons (Fsp3) is 0.147. The topological polar surface area (TPSA) is 111 Å². The van der Waals surface area contributed by atoms with Crippen LogP contribution in [0.2, 0.25) is 0 Å². The van der Waals surface area contributed by atoms with Crippen molar-refractivity contribution in [1.82, 2.24) is 4.90 Å². The fourth-order valence-corrected chi connectivity index (χ4v) is 5.09. The summed E-state index contributed by atoms with van der Waals surface area (Å²) in [5.74, 6) is -1.12. The molecule has 0 saturated heterocycles. The van der Waals surface area contributed by atoms with Gasteiger partial charge in [0.05, 0.1) is 17.6 Å². The largest absolute Gasteiger partial charge is 0.478 e. The predicted octanol–water partition coefficient (Wildman–Crippen LogP) is 5.99. The van der Waals surface area contributed by atoms with Crippen LogP contribution < -0.4 is 16.0 Å². The Kier molecular flexibility index (Phi) is 8.45. The summed E-state index contributed by atoms with van der Waals surface area (Å²) in [7, 11) is 2.13. The van der Waals surface area contributed by atoms with Gasteiger partial charge >= 0.3 is 5.97 Å². The lowest BCUT2D eigenvalue weighted by Crippen LogP contribution is -2.17. The number of para-hydroxylation sites is 1. The van der Waals surface area contributed by atoms with Gasteiger partial charge in [-0.1, -0.05) is 60.7 Å². The van der Waals surface area contributed by atoms with Gasteiger partial charge in [-0.25, -0.2) is 4.79 Å². The Morgan fingerprint density at radius 2 is 1.50 bits per heavy atom. The van der Waals surface area contributed by atoms with Gasteiger partial charge in [0.25, 0.3) is 5.91 Å². The lowest BCUT2D eigenvalue weighted by molar-refractivity contribution is -0.115. The second kappa shape index (κ2) is 12.5. The van der Waals surface area contributed by atoms with Gasteiger partial charge in [0, 0.05) is 41.4 Å². The molecule has 6 rings (SSSR count). The Morgan fingerprint density at radius 3 is 2.21 bits per heavy atom. The van der Waals surface area contributed by atoms with Crippen molar-refractivity contribution < 1.29 is 19.5 Å². The number of amides is 2. The third-order valence-electron chi connectivity index (χ3n) is 7.06. The summed E-state index contributed by atoms with van der Waals surface area (Å²) in [5, 5.41) is 17.6. The molecule has 4 aromatic rings. The maximum Gasteiger partial charge on any atom is 0.335 e. The predicted molar refractivity (Wildman–Crippen MR) is 165 cm³/mol. The number of aromatic carboxylic acids is 1. The molecule has 0 fully saturated rings. The molecule has 2 amide bonds. The molecule has 0 saturated carbocycles. The molecule has 0 spiro atoms. The van der Waals surface area contributed by atoms with Crippen LogP contribution in [0.15, 0.2) is 103 Å². The van der Waals surface area contributed by atoms with E-state index in [1.807, 2.05) is 37.3 Å². The van der Waals surface area contributed by atoms with Gasteiger partial charge in [0.15, 0.2) is 0 Å². The van der Waals surface area contributed by atoms with Crippen LogP contribution in [0, 0.1) is 0 Å². The first-order valence-electron chi connectivity index (χ1n) is 13.6. The Bertz CT molecular complexity index is 1660. The summed E-state index contributed by atoms with van der Waals surface area (Å²) in [4.78, 5) is 36.2. The molecule has 2 aliphatic heterocycles. The van der Waals surface area contributed by atoms with Crippen LogP contribution in [0.4, 0.5) is 17.1 Å². The minimum atomic E-state index is -0.970. The highest BCUT2D eigenvalue weighted by molar-refractivity contribution is 6.32. The van der Waals surface area contributed by atoms with Crippen LogP contribution in [-0.2, 0) is 29.1 Å². The van der Waals surface area contributed by atoms with Gasteiger partial charge in [-0.15, -0.1) is 0 Å². The van der Waals surface area contributed by atoms with E-state index in [-0.39, 0.29) is 23.8 Å². The lowest BCUT2D eigenvalue weighted by Gasteiger charge is -2.17. The van der Waals surface area contributed by atoms with Crippen LogP contribution in [0.1, 0.15) is 39.5 Å². The van der Waals surface area contributed by atoms with Gasteiger partial charge in [0.1, 0.15) is 0 Å². The van der Waals surface area contributed by atoms with E-state index in [1.54, 1.807) is 6.07 Å². The number of carbonyl (C=O) groups is 3. The molecule has 0 unspecified atom stereocenters. The van der Waals surface area contributed by atoms with Crippen LogP contribution in [0.5, 0.6) is 0 Å². The highest BCUT2D eigenvalue weighted by Gasteiger charge is 2.25. The lowest BCUT2D eigenvalue weighted by atomic mass is 10.1. The Morgan fingerprint density at radius 1 is 0.833 bits per heavy atom. The van der Waals surface area contributed by atoms with Gasteiger partial charge in [-0.05, 0) is 67.1 Å². The average Bonchev–Trinajstić information content (AvgIpc) is 3.52. The number of benzene rings is 4. The van der Waals surface area contributed by atoms with Gasteiger partial charge < -0.3 is 21.1 Å². The molecule has 2 aliphatic rings. The van der Waals surface area contributed by atoms with E-state index in [9.17, 15) is 14.4 Å².